The minimum Gasteiger partial charge on any atom is -0.481 e. The Morgan fingerprint density at radius 1 is 1.39 bits per heavy atom. The van der Waals surface area contributed by atoms with Crippen LogP contribution in [0.5, 0.6) is 5.88 Å². The van der Waals surface area contributed by atoms with E-state index in [2.05, 4.69) is 31.1 Å². The highest BCUT2D eigenvalue weighted by atomic mass is 35.5. The zero-order chi connectivity index (χ0) is 13.6. The molecule has 0 aliphatic rings. The number of hydrogen-bond donors (Lipinski definition) is 1. The summed E-state index contributed by atoms with van der Waals surface area (Å²) in [6.45, 7) is 7.39. The molecule has 4 heteroatoms. The predicted molar refractivity (Wildman–Crippen MR) is 76.2 cm³/mol. The molecule has 1 unspecified atom stereocenters. The van der Waals surface area contributed by atoms with Crippen LogP contribution in [0.4, 0.5) is 0 Å². The maximum absolute atomic E-state index is 5.86. The molecule has 0 saturated heterocycles. The van der Waals surface area contributed by atoms with Gasteiger partial charge in [0, 0.05) is 24.5 Å². The molecule has 0 aliphatic carbocycles. The zero-order valence-electron chi connectivity index (χ0n) is 11.7. The largest absolute Gasteiger partial charge is 0.481 e. The number of rotatable bonds is 6. The second kappa shape index (κ2) is 6.95. The van der Waals surface area contributed by atoms with Gasteiger partial charge in [-0.3, -0.25) is 0 Å². The number of nitrogens with one attached hydrogen (secondary N) is 1. The number of methoxy groups -OCH3 is 1. The molecule has 1 heterocycles. The lowest BCUT2D eigenvalue weighted by Crippen LogP contribution is -2.40. The molecular weight excluding hydrogens is 248 g/mol. The van der Waals surface area contributed by atoms with Gasteiger partial charge in [0.1, 0.15) is 0 Å². The molecule has 1 N–H and O–H groups in total. The summed E-state index contributed by atoms with van der Waals surface area (Å²) in [5.41, 5.74) is 1.17. The second-order valence-corrected chi connectivity index (χ2v) is 5.83. The number of halogens is 1. The maximum atomic E-state index is 5.86. The topological polar surface area (TPSA) is 34.1 Å². The van der Waals surface area contributed by atoms with E-state index in [0.717, 1.165) is 18.7 Å². The van der Waals surface area contributed by atoms with E-state index < -0.39 is 0 Å². The van der Waals surface area contributed by atoms with Crippen LogP contribution in [-0.4, -0.2) is 24.0 Å². The summed E-state index contributed by atoms with van der Waals surface area (Å²) >= 11 is 5.86. The highest BCUT2D eigenvalue weighted by molar-refractivity contribution is 6.17. The first-order valence-corrected chi connectivity index (χ1v) is 6.80. The monoisotopic (exact) mass is 270 g/mol. The molecule has 0 spiro atoms. The summed E-state index contributed by atoms with van der Waals surface area (Å²) < 4.78 is 5.12. The number of ether oxygens (including phenoxy) is 1. The summed E-state index contributed by atoms with van der Waals surface area (Å²) in [6, 6.07) is 6.18. The number of pyridine rings is 1. The van der Waals surface area contributed by atoms with Gasteiger partial charge in [-0.1, -0.05) is 26.8 Å². The molecule has 1 aromatic heterocycles. The molecule has 0 amide bonds. The molecule has 3 nitrogen and oxygen atoms in total. The Kier molecular flexibility index (Phi) is 5.89. The molecule has 1 aromatic rings. The summed E-state index contributed by atoms with van der Waals surface area (Å²) in [5.74, 6) is 1.32. The number of nitrogens with zero attached hydrogens (tertiary/aromatic N) is 1. The highest BCUT2D eigenvalue weighted by Crippen LogP contribution is 2.22. The second-order valence-electron chi connectivity index (χ2n) is 5.45. The molecule has 102 valence electrons. The molecule has 0 saturated carbocycles. The molecule has 1 atom stereocenters. The van der Waals surface area contributed by atoms with Crippen LogP contribution in [0.25, 0.3) is 0 Å². The van der Waals surface area contributed by atoms with E-state index in [9.17, 15) is 0 Å². The first kappa shape index (κ1) is 15.3. The third kappa shape index (κ3) is 4.83. The van der Waals surface area contributed by atoms with Gasteiger partial charge in [-0.25, -0.2) is 4.98 Å². The van der Waals surface area contributed by atoms with Gasteiger partial charge in [0.2, 0.25) is 5.88 Å². The lowest BCUT2D eigenvalue weighted by molar-refractivity contribution is 0.259. The summed E-state index contributed by atoms with van der Waals surface area (Å²) in [5, 5.41) is 3.53. The van der Waals surface area contributed by atoms with Gasteiger partial charge in [-0.15, -0.1) is 11.6 Å². The molecule has 0 aromatic carbocycles. The Morgan fingerprint density at radius 2 is 2.11 bits per heavy atom. The van der Waals surface area contributed by atoms with Gasteiger partial charge < -0.3 is 10.1 Å². The van der Waals surface area contributed by atoms with E-state index in [1.165, 1.54) is 0 Å². The average molecular weight is 271 g/mol. The Bertz CT molecular complexity index is 363. The van der Waals surface area contributed by atoms with Gasteiger partial charge in [-0.2, -0.15) is 0 Å². The number of alkyl halides is 1. The van der Waals surface area contributed by atoms with Crippen LogP contribution < -0.4 is 10.1 Å². The first-order valence-electron chi connectivity index (χ1n) is 6.26. The van der Waals surface area contributed by atoms with Crippen LogP contribution in [0, 0.1) is 5.41 Å². The van der Waals surface area contributed by atoms with E-state index in [1.54, 1.807) is 7.11 Å². The number of hydrogen-bond acceptors (Lipinski definition) is 3. The van der Waals surface area contributed by atoms with Crippen LogP contribution in [-0.2, 0) is 6.54 Å². The van der Waals surface area contributed by atoms with Crippen molar-refractivity contribution in [3.8, 4) is 5.88 Å². The Labute approximate surface area is 115 Å². The van der Waals surface area contributed by atoms with E-state index >= 15 is 0 Å². The Balaban J connectivity index is 2.61. The molecule has 1 rings (SSSR count). The van der Waals surface area contributed by atoms with Crippen molar-refractivity contribution in [3.63, 3.8) is 0 Å². The third-order valence-electron chi connectivity index (χ3n) is 2.96. The third-order valence-corrected chi connectivity index (χ3v) is 3.18. The fourth-order valence-electron chi connectivity index (χ4n) is 1.85. The van der Waals surface area contributed by atoms with Gasteiger partial charge in [0.15, 0.2) is 0 Å². The van der Waals surface area contributed by atoms with Crippen molar-refractivity contribution < 1.29 is 4.74 Å². The van der Waals surface area contributed by atoms with Gasteiger partial charge in [-0.05, 0) is 17.9 Å². The molecule has 0 aliphatic heterocycles. The maximum Gasteiger partial charge on any atom is 0.213 e. The highest BCUT2D eigenvalue weighted by Gasteiger charge is 2.23. The van der Waals surface area contributed by atoms with E-state index in [0.29, 0.717) is 17.8 Å². The minimum atomic E-state index is 0.188. The van der Waals surface area contributed by atoms with Crippen LogP contribution in [0.15, 0.2) is 18.2 Å². The van der Waals surface area contributed by atoms with Crippen LogP contribution in [0.2, 0.25) is 0 Å². The van der Waals surface area contributed by atoms with Crippen LogP contribution >= 0.6 is 11.6 Å². The normalized spacial score (nSPS) is 13.4. The quantitative estimate of drug-likeness (QED) is 0.806. The van der Waals surface area contributed by atoms with E-state index in [4.69, 9.17) is 16.3 Å². The van der Waals surface area contributed by atoms with Crippen molar-refractivity contribution in [1.29, 1.82) is 0 Å². The van der Waals surface area contributed by atoms with Crippen LogP contribution in [0.3, 0.4) is 0 Å². The fraction of sp³-hybridized carbons (Fsp3) is 0.643. The molecular formula is C14H23ClN2O. The SMILES string of the molecule is COc1cccc(CNC(CCCl)C(C)(C)C)n1. The van der Waals surface area contributed by atoms with Gasteiger partial charge in [0.25, 0.3) is 0 Å². The lowest BCUT2D eigenvalue weighted by atomic mass is 9.85. The molecule has 0 fully saturated rings. The van der Waals surface area contributed by atoms with Crippen molar-refractivity contribution in [2.75, 3.05) is 13.0 Å². The van der Waals surface area contributed by atoms with Gasteiger partial charge in [0.05, 0.1) is 12.8 Å². The standard InChI is InChI=1S/C14H23ClN2O/c1-14(2,3)12(8-9-15)16-10-11-6-5-7-13(17-11)18-4/h5-7,12,16H,8-10H2,1-4H3. The lowest BCUT2D eigenvalue weighted by Gasteiger charge is -2.31. The fourth-order valence-corrected chi connectivity index (χ4v) is 2.07. The first-order chi connectivity index (χ1) is 8.47. The summed E-state index contributed by atoms with van der Waals surface area (Å²) in [7, 11) is 1.63. The van der Waals surface area contributed by atoms with E-state index in [1.807, 2.05) is 18.2 Å². The molecule has 0 bridgehead atoms. The number of aromatic nitrogens is 1. The summed E-state index contributed by atoms with van der Waals surface area (Å²) in [4.78, 5) is 4.39. The average Bonchev–Trinajstić information content (AvgIpc) is 2.33. The van der Waals surface area contributed by atoms with E-state index in [-0.39, 0.29) is 5.41 Å². The molecule has 18 heavy (non-hydrogen) atoms. The minimum absolute atomic E-state index is 0.188. The Morgan fingerprint density at radius 3 is 2.67 bits per heavy atom. The smallest absolute Gasteiger partial charge is 0.213 e. The predicted octanol–water partition coefficient (Wildman–Crippen LogP) is 3.22. The Hall–Kier alpha value is -0.800. The zero-order valence-corrected chi connectivity index (χ0v) is 12.4. The van der Waals surface area contributed by atoms with Crippen LogP contribution in [0.1, 0.15) is 32.9 Å². The van der Waals surface area contributed by atoms with Gasteiger partial charge >= 0.3 is 0 Å². The molecule has 0 radical (unpaired) electrons. The van der Waals surface area contributed by atoms with Crippen molar-refractivity contribution in [2.24, 2.45) is 5.41 Å². The summed E-state index contributed by atoms with van der Waals surface area (Å²) in [6.07, 6.45) is 0.953. The van der Waals surface area contributed by atoms with Crippen molar-refractivity contribution >= 4 is 11.6 Å². The van der Waals surface area contributed by atoms with Crippen molar-refractivity contribution in [2.45, 2.75) is 39.8 Å². The van der Waals surface area contributed by atoms with Crippen molar-refractivity contribution in [3.05, 3.63) is 23.9 Å². The van der Waals surface area contributed by atoms with Crippen molar-refractivity contribution in [1.82, 2.24) is 10.3 Å².